The number of halogens is 2. The largest absolute Gasteiger partial charge is 0.323 e. The third kappa shape index (κ3) is 3.24. The maximum Gasteiger partial charge on any atom is 0.239 e. The van der Waals surface area contributed by atoms with Crippen LogP contribution in [0.15, 0.2) is 36.4 Å². The first-order chi connectivity index (χ1) is 11.9. The Morgan fingerprint density at radius 3 is 2.68 bits per heavy atom. The Hall–Kier alpha value is -2.76. The molecule has 1 aliphatic rings. The van der Waals surface area contributed by atoms with E-state index >= 15 is 0 Å². The summed E-state index contributed by atoms with van der Waals surface area (Å²) in [6, 6.07) is 8.56. The van der Waals surface area contributed by atoms with Gasteiger partial charge in [-0.05, 0) is 49.6 Å². The van der Waals surface area contributed by atoms with Crippen molar-refractivity contribution in [1.29, 1.82) is 0 Å². The number of carbonyl (C=O) groups is 2. The fourth-order valence-electron chi connectivity index (χ4n) is 3.00. The second kappa shape index (κ2) is 6.63. The summed E-state index contributed by atoms with van der Waals surface area (Å²) in [6.45, 7) is 4.31. The van der Waals surface area contributed by atoms with E-state index in [-0.39, 0.29) is 11.6 Å². The Morgan fingerprint density at radius 2 is 1.96 bits per heavy atom. The van der Waals surface area contributed by atoms with Crippen molar-refractivity contribution in [2.24, 2.45) is 5.92 Å². The minimum atomic E-state index is -0.885. The average Bonchev–Trinajstić information content (AvgIpc) is 2.94. The predicted octanol–water partition coefficient (Wildman–Crippen LogP) is 3.57. The first-order valence-corrected chi connectivity index (χ1v) is 8.02. The molecule has 0 spiro atoms. The molecule has 6 heteroatoms. The number of hydrogen-bond donors (Lipinski definition) is 1. The van der Waals surface area contributed by atoms with E-state index in [1.165, 1.54) is 0 Å². The predicted molar refractivity (Wildman–Crippen MR) is 91.4 cm³/mol. The van der Waals surface area contributed by atoms with Crippen LogP contribution in [-0.4, -0.2) is 18.4 Å². The fourth-order valence-corrected chi connectivity index (χ4v) is 3.00. The molecule has 0 aliphatic carbocycles. The summed E-state index contributed by atoms with van der Waals surface area (Å²) in [6.07, 6.45) is 0.348. The standard InChI is InChI=1S/C19H18F2N2O2/c1-11-4-3-5-17(12(11)2)23-9-8-14(19(23)25)18(24)22-16-7-6-13(20)10-15(16)21/h3-7,10,14H,8-9H2,1-2H3,(H,22,24)/t14-/m1/s1. The quantitative estimate of drug-likeness (QED) is 0.866. The molecule has 0 radical (unpaired) electrons. The fraction of sp³-hybridized carbons (Fsp3) is 0.263. The van der Waals surface area contributed by atoms with Gasteiger partial charge in [-0.3, -0.25) is 9.59 Å². The summed E-state index contributed by atoms with van der Waals surface area (Å²) in [5.41, 5.74) is 2.70. The molecule has 2 aromatic rings. The van der Waals surface area contributed by atoms with Crippen molar-refractivity contribution in [3.05, 3.63) is 59.2 Å². The summed E-state index contributed by atoms with van der Waals surface area (Å²) in [5.74, 6) is -3.37. The van der Waals surface area contributed by atoms with Gasteiger partial charge in [0.2, 0.25) is 11.8 Å². The van der Waals surface area contributed by atoms with Gasteiger partial charge >= 0.3 is 0 Å². The van der Waals surface area contributed by atoms with Crippen LogP contribution in [0.2, 0.25) is 0 Å². The monoisotopic (exact) mass is 344 g/mol. The van der Waals surface area contributed by atoms with Gasteiger partial charge in [0.1, 0.15) is 17.6 Å². The molecule has 3 rings (SSSR count). The molecule has 1 atom stereocenters. The second-order valence-corrected chi connectivity index (χ2v) is 6.16. The molecule has 0 bridgehead atoms. The van der Waals surface area contributed by atoms with E-state index < -0.39 is 23.5 Å². The normalized spacial score (nSPS) is 17.0. The number of aryl methyl sites for hydroxylation is 1. The van der Waals surface area contributed by atoms with Gasteiger partial charge < -0.3 is 10.2 Å². The van der Waals surface area contributed by atoms with Gasteiger partial charge in [0.25, 0.3) is 0 Å². The molecule has 4 nitrogen and oxygen atoms in total. The third-order valence-electron chi connectivity index (χ3n) is 4.58. The van der Waals surface area contributed by atoms with Crippen molar-refractivity contribution >= 4 is 23.2 Å². The van der Waals surface area contributed by atoms with Crippen LogP contribution >= 0.6 is 0 Å². The Bertz CT molecular complexity index is 851. The van der Waals surface area contributed by atoms with Crippen LogP contribution in [0.25, 0.3) is 0 Å². The molecule has 0 unspecified atom stereocenters. The lowest BCUT2D eigenvalue weighted by Crippen LogP contribution is -2.33. The van der Waals surface area contributed by atoms with E-state index in [9.17, 15) is 18.4 Å². The lowest BCUT2D eigenvalue weighted by Gasteiger charge is -2.20. The summed E-state index contributed by atoms with van der Waals surface area (Å²) >= 11 is 0. The molecule has 1 saturated heterocycles. The summed E-state index contributed by atoms with van der Waals surface area (Å²) in [5, 5.41) is 2.38. The zero-order valence-corrected chi connectivity index (χ0v) is 14.0. The van der Waals surface area contributed by atoms with Gasteiger partial charge in [-0.25, -0.2) is 8.78 Å². The van der Waals surface area contributed by atoms with Crippen molar-refractivity contribution in [2.75, 3.05) is 16.8 Å². The molecule has 1 aliphatic heterocycles. The van der Waals surface area contributed by atoms with Gasteiger partial charge in [-0.15, -0.1) is 0 Å². The number of anilines is 2. The average molecular weight is 344 g/mol. The molecular formula is C19H18F2N2O2. The molecule has 25 heavy (non-hydrogen) atoms. The van der Waals surface area contributed by atoms with Crippen molar-refractivity contribution in [3.8, 4) is 0 Å². The smallest absolute Gasteiger partial charge is 0.239 e. The molecule has 1 fully saturated rings. The highest BCUT2D eigenvalue weighted by molar-refractivity contribution is 6.13. The van der Waals surface area contributed by atoms with E-state index in [2.05, 4.69) is 5.32 Å². The first kappa shape index (κ1) is 17.1. The SMILES string of the molecule is Cc1cccc(N2CC[C@H](C(=O)Nc3ccc(F)cc3F)C2=O)c1C. The van der Waals surface area contributed by atoms with Gasteiger partial charge in [-0.2, -0.15) is 0 Å². The first-order valence-electron chi connectivity index (χ1n) is 8.02. The maximum atomic E-state index is 13.7. The van der Waals surface area contributed by atoms with E-state index in [1.807, 2.05) is 32.0 Å². The van der Waals surface area contributed by atoms with E-state index in [1.54, 1.807) is 4.90 Å². The molecular weight excluding hydrogens is 326 g/mol. The van der Waals surface area contributed by atoms with Crippen LogP contribution in [0.1, 0.15) is 17.5 Å². The number of rotatable bonds is 3. The van der Waals surface area contributed by atoms with Crippen LogP contribution in [0.5, 0.6) is 0 Å². The van der Waals surface area contributed by atoms with Gasteiger partial charge in [0.05, 0.1) is 5.69 Å². The van der Waals surface area contributed by atoms with Crippen molar-refractivity contribution < 1.29 is 18.4 Å². The van der Waals surface area contributed by atoms with Crippen molar-refractivity contribution in [2.45, 2.75) is 20.3 Å². The lowest BCUT2D eigenvalue weighted by molar-refractivity contribution is -0.129. The summed E-state index contributed by atoms with van der Waals surface area (Å²) in [4.78, 5) is 26.6. The summed E-state index contributed by atoms with van der Waals surface area (Å²) in [7, 11) is 0. The van der Waals surface area contributed by atoms with E-state index in [0.29, 0.717) is 19.0 Å². The molecule has 2 aromatic carbocycles. The number of hydrogen-bond acceptors (Lipinski definition) is 2. The summed E-state index contributed by atoms with van der Waals surface area (Å²) < 4.78 is 26.6. The lowest BCUT2D eigenvalue weighted by atomic mass is 10.1. The van der Waals surface area contributed by atoms with Crippen LogP contribution in [0.3, 0.4) is 0 Å². The van der Waals surface area contributed by atoms with Crippen molar-refractivity contribution in [1.82, 2.24) is 0 Å². The van der Waals surface area contributed by atoms with Gasteiger partial charge in [-0.1, -0.05) is 12.1 Å². The molecule has 1 N–H and O–H groups in total. The number of amides is 2. The van der Waals surface area contributed by atoms with Crippen LogP contribution in [0, 0.1) is 31.4 Å². The van der Waals surface area contributed by atoms with Gasteiger partial charge in [0.15, 0.2) is 0 Å². The Kier molecular flexibility index (Phi) is 4.53. The number of benzene rings is 2. The third-order valence-corrected chi connectivity index (χ3v) is 4.58. The minimum absolute atomic E-state index is 0.135. The van der Waals surface area contributed by atoms with Crippen LogP contribution < -0.4 is 10.2 Å². The zero-order chi connectivity index (χ0) is 18.1. The molecule has 1 heterocycles. The zero-order valence-electron chi connectivity index (χ0n) is 14.0. The molecule has 130 valence electrons. The number of carbonyl (C=O) groups excluding carboxylic acids is 2. The molecule has 2 amide bonds. The Morgan fingerprint density at radius 1 is 1.20 bits per heavy atom. The minimum Gasteiger partial charge on any atom is -0.323 e. The topological polar surface area (TPSA) is 49.4 Å². The van der Waals surface area contributed by atoms with E-state index in [0.717, 1.165) is 28.9 Å². The maximum absolute atomic E-state index is 13.7. The number of nitrogens with zero attached hydrogens (tertiary/aromatic N) is 1. The Balaban J connectivity index is 1.77. The van der Waals surface area contributed by atoms with Gasteiger partial charge in [0, 0.05) is 18.3 Å². The van der Waals surface area contributed by atoms with E-state index in [4.69, 9.17) is 0 Å². The highest BCUT2D eigenvalue weighted by Gasteiger charge is 2.38. The molecule has 0 saturated carbocycles. The van der Waals surface area contributed by atoms with Crippen molar-refractivity contribution in [3.63, 3.8) is 0 Å². The van der Waals surface area contributed by atoms with Crippen LogP contribution in [0.4, 0.5) is 20.2 Å². The molecule has 0 aromatic heterocycles. The highest BCUT2D eigenvalue weighted by atomic mass is 19.1. The van der Waals surface area contributed by atoms with Crippen LogP contribution in [-0.2, 0) is 9.59 Å². The second-order valence-electron chi connectivity index (χ2n) is 6.16. The highest BCUT2D eigenvalue weighted by Crippen LogP contribution is 2.30. The number of nitrogens with one attached hydrogen (secondary N) is 1. The Labute approximate surface area is 144 Å².